The van der Waals surface area contributed by atoms with Gasteiger partial charge in [-0.05, 0) is 53.6 Å². The fraction of sp³-hybridized carbons (Fsp3) is 0.733. The van der Waals surface area contributed by atoms with Crippen molar-refractivity contribution in [3.05, 3.63) is 23.5 Å². The van der Waals surface area contributed by atoms with Gasteiger partial charge in [0, 0.05) is 0 Å². The van der Waals surface area contributed by atoms with Gasteiger partial charge >= 0.3 is 0 Å². The van der Waals surface area contributed by atoms with Crippen LogP contribution in [0.5, 0.6) is 0 Å². The van der Waals surface area contributed by atoms with Gasteiger partial charge in [0.25, 0.3) is 0 Å². The average Bonchev–Trinajstić information content (AvgIpc) is 2.28. The SMILES string of the molecule is CC1(C)CCC[C@]2(C)c3cnncc3CC[C@@H]12. The molecule has 0 spiro atoms. The summed E-state index contributed by atoms with van der Waals surface area (Å²) in [6.45, 7) is 7.36. The minimum atomic E-state index is 0.339. The van der Waals surface area contributed by atoms with Crippen LogP contribution in [0, 0.1) is 11.3 Å². The van der Waals surface area contributed by atoms with Crippen LogP contribution in [0.15, 0.2) is 12.4 Å². The van der Waals surface area contributed by atoms with E-state index in [2.05, 4.69) is 31.0 Å². The predicted octanol–water partition coefficient (Wildman–Crippen LogP) is 3.51. The molecular weight excluding hydrogens is 208 g/mol. The lowest BCUT2D eigenvalue weighted by Crippen LogP contribution is -2.47. The lowest BCUT2D eigenvalue weighted by molar-refractivity contribution is 0.0403. The van der Waals surface area contributed by atoms with E-state index in [1.165, 1.54) is 43.2 Å². The molecule has 0 amide bonds. The lowest BCUT2D eigenvalue weighted by Gasteiger charge is -2.54. The van der Waals surface area contributed by atoms with Gasteiger partial charge in [-0.25, -0.2) is 0 Å². The largest absolute Gasteiger partial charge is 0.159 e. The Hall–Kier alpha value is -0.920. The van der Waals surface area contributed by atoms with Crippen molar-refractivity contribution in [2.24, 2.45) is 11.3 Å². The number of nitrogens with zero attached hydrogens (tertiary/aromatic N) is 2. The summed E-state index contributed by atoms with van der Waals surface area (Å²) in [5, 5.41) is 8.19. The van der Waals surface area contributed by atoms with Gasteiger partial charge in [0.15, 0.2) is 0 Å². The van der Waals surface area contributed by atoms with Gasteiger partial charge in [0.1, 0.15) is 0 Å². The van der Waals surface area contributed by atoms with E-state index in [9.17, 15) is 0 Å². The molecule has 1 heterocycles. The second kappa shape index (κ2) is 3.54. The van der Waals surface area contributed by atoms with Gasteiger partial charge in [0.2, 0.25) is 0 Å². The van der Waals surface area contributed by atoms with Crippen LogP contribution in [-0.4, -0.2) is 10.2 Å². The summed E-state index contributed by atoms with van der Waals surface area (Å²) in [5.74, 6) is 0.806. The molecule has 0 aromatic carbocycles. The Morgan fingerprint density at radius 2 is 1.88 bits per heavy atom. The average molecular weight is 230 g/mol. The highest BCUT2D eigenvalue weighted by molar-refractivity contribution is 5.34. The van der Waals surface area contributed by atoms with Gasteiger partial charge in [-0.15, -0.1) is 0 Å². The summed E-state index contributed by atoms with van der Waals surface area (Å²) in [6.07, 6.45) is 10.6. The van der Waals surface area contributed by atoms with Crippen molar-refractivity contribution in [2.75, 3.05) is 0 Å². The molecule has 2 atom stereocenters. The highest BCUT2D eigenvalue weighted by Crippen LogP contribution is 2.56. The van der Waals surface area contributed by atoms with Crippen LogP contribution in [0.1, 0.15) is 57.6 Å². The van der Waals surface area contributed by atoms with Gasteiger partial charge in [0.05, 0.1) is 12.4 Å². The van der Waals surface area contributed by atoms with Gasteiger partial charge < -0.3 is 0 Å². The summed E-state index contributed by atoms with van der Waals surface area (Å²) in [4.78, 5) is 0. The Bertz CT molecular complexity index is 438. The summed E-state index contributed by atoms with van der Waals surface area (Å²) in [5.41, 5.74) is 3.74. The summed E-state index contributed by atoms with van der Waals surface area (Å²) in [7, 11) is 0. The molecule has 1 saturated carbocycles. The third-order valence-corrected chi connectivity index (χ3v) is 5.36. The van der Waals surface area contributed by atoms with Crippen LogP contribution in [-0.2, 0) is 11.8 Å². The molecule has 0 bridgehead atoms. The Balaban J connectivity index is 2.11. The Morgan fingerprint density at radius 3 is 2.71 bits per heavy atom. The first kappa shape index (κ1) is 11.2. The smallest absolute Gasteiger partial charge is 0.0536 e. The second-order valence-electron chi connectivity index (χ2n) is 6.78. The van der Waals surface area contributed by atoms with E-state index in [-0.39, 0.29) is 0 Å². The third kappa shape index (κ3) is 1.53. The van der Waals surface area contributed by atoms with Crippen LogP contribution in [0.4, 0.5) is 0 Å². The molecule has 2 nitrogen and oxygen atoms in total. The number of aromatic nitrogens is 2. The molecule has 3 rings (SSSR count). The molecule has 0 aliphatic heterocycles. The van der Waals surface area contributed by atoms with E-state index in [4.69, 9.17) is 0 Å². The normalized spacial score (nSPS) is 34.9. The minimum absolute atomic E-state index is 0.339. The predicted molar refractivity (Wildman–Crippen MR) is 68.8 cm³/mol. The van der Waals surface area contributed by atoms with E-state index in [0.717, 1.165) is 5.92 Å². The van der Waals surface area contributed by atoms with Crippen molar-refractivity contribution in [3.8, 4) is 0 Å². The Labute approximate surface area is 104 Å². The molecule has 2 heteroatoms. The van der Waals surface area contributed by atoms with Crippen LogP contribution >= 0.6 is 0 Å². The summed E-state index contributed by atoms with van der Waals surface area (Å²) in [6, 6.07) is 0. The number of fused-ring (bicyclic) bond motifs is 3. The van der Waals surface area contributed by atoms with Crippen molar-refractivity contribution in [1.29, 1.82) is 0 Å². The van der Waals surface area contributed by atoms with Crippen molar-refractivity contribution in [2.45, 2.75) is 58.3 Å². The highest BCUT2D eigenvalue weighted by Gasteiger charge is 2.49. The van der Waals surface area contributed by atoms with Crippen molar-refractivity contribution in [3.63, 3.8) is 0 Å². The standard InChI is InChI=1S/C15H22N2/c1-14(2)7-4-8-15(3)12-10-17-16-9-11(12)5-6-13(14)15/h9-10,13H,4-8H2,1-3H3/t13-,15+/m0/s1. The summed E-state index contributed by atoms with van der Waals surface area (Å²) < 4.78 is 0. The molecule has 2 aliphatic rings. The van der Waals surface area contributed by atoms with E-state index in [1.807, 2.05) is 12.4 Å². The summed E-state index contributed by atoms with van der Waals surface area (Å²) >= 11 is 0. The molecule has 1 aromatic rings. The highest BCUT2D eigenvalue weighted by atomic mass is 15.1. The van der Waals surface area contributed by atoms with E-state index in [1.54, 1.807) is 0 Å². The molecule has 0 radical (unpaired) electrons. The number of hydrogen-bond acceptors (Lipinski definition) is 2. The molecule has 1 fully saturated rings. The van der Waals surface area contributed by atoms with E-state index >= 15 is 0 Å². The number of rotatable bonds is 0. The van der Waals surface area contributed by atoms with Crippen molar-refractivity contribution >= 4 is 0 Å². The lowest BCUT2D eigenvalue weighted by atomic mass is 9.51. The maximum Gasteiger partial charge on any atom is 0.0536 e. The fourth-order valence-corrected chi connectivity index (χ4v) is 4.51. The molecule has 17 heavy (non-hydrogen) atoms. The van der Waals surface area contributed by atoms with Crippen LogP contribution < -0.4 is 0 Å². The van der Waals surface area contributed by atoms with Crippen molar-refractivity contribution in [1.82, 2.24) is 10.2 Å². The Kier molecular flexibility index (Phi) is 2.33. The van der Waals surface area contributed by atoms with Gasteiger partial charge in [-0.3, -0.25) is 0 Å². The first-order valence-corrected chi connectivity index (χ1v) is 6.84. The third-order valence-electron chi connectivity index (χ3n) is 5.36. The molecule has 0 saturated heterocycles. The zero-order chi connectivity index (χ0) is 12.1. The number of aryl methyl sites for hydroxylation is 1. The van der Waals surface area contributed by atoms with Crippen molar-refractivity contribution < 1.29 is 0 Å². The monoisotopic (exact) mass is 230 g/mol. The van der Waals surface area contributed by atoms with Gasteiger partial charge in [-0.2, -0.15) is 10.2 Å². The maximum atomic E-state index is 4.13. The fourth-order valence-electron chi connectivity index (χ4n) is 4.51. The Morgan fingerprint density at radius 1 is 1.12 bits per heavy atom. The zero-order valence-electron chi connectivity index (χ0n) is 11.2. The molecule has 2 aliphatic carbocycles. The zero-order valence-corrected chi connectivity index (χ0v) is 11.2. The molecular formula is C15H22N2. The second-order valence-corrected chi connectivity index (χ2v) is 6.78. The molecule has 0 unspecified atom stereocenters. The van der Waals surface area contributed by atoms with E-state index < -0.39 is 0 Å². The van der Waals surface area contributed by atoms with E-state index in [0.29, 0.717) is 10.8 Å². The van der Waals surface area contributed by atoms with Gasteiger partial charge in [-0.1, -0.05) is 27.2 Å². The minimum Gasteiger partial charge on any atom is -0.159 e. The molecule has 92 valence electrons. The first-order chi connectivity index (χ1) is 8.04. The quantitative estimate of drug-likeness (QED) is 0.681. The molecule has 1 aromatic heterocycles. The van der Waals surface area contributed by atoms with Crippen LogP contribution in [0.2, 0.25) is 0 Å². The first-order valence-electron chi connectivity index (χ1n) is 6.84. The molecule has 0 N–H and O–H groups in total. The van der Waals surface area contributed by atoms with Crippen LogP contribution in [0.25, 0.3) is 0 Å². The maximum absolute atomic E-state index is 4.13. The van der Waals surface area contributed by atoms with Crippen LogP contribution in [0.3, 0.4) is 0 Å². The topological polar surface area (TPSA) is 25.8 Å². The number of hydrogen-bond donors (Lipinski definition) is 0.